The lowest BCUT2D eigenvalue weighted by Crippen LogP contribution is -2.45. The number of likely N-dealkylation sites (N-methyl/N-ethyl adjacent to an activating group) is 1. The van der Waals surface area contributed by atoms with E-state index in [0.29, 0.717) is 0 Å². The summed E-state index contributed by atoms with van der Waals surface area (Å²) in [6, 6.07) is 6.11. The SMILES string of the molecule is CCN1CCN(Cc2ccc(OC)c(C#CCO)c2)CC1. The molecule has 1 heterocycles. The Bertz CT molecular complexity index is 511. The summed E-state index contributed by atoms with van der Waals surface area (Å²) < 4.78 is 5.31. The van der Waals surface area contributed by atoms with Crippen molar-refractivity contribution in [1.29, 1.82) is 0 Å². The maximum Gasteiger partial charge on any atom is 0.134 e. The van der Waals surface area contributed by atoms with Crippen molar-refractivity contribution in [2.24, 2.45) is 0 Å². The minimum absolute atomic E-state index is 0.133. The quantitative estimate of drug-likeness (QED) is 0.844. The second-order valence-corrected chi connectivity index (χ2v) is 5.20. The third-order valence-corrected chi connectivity index (χ3v) is 3.88. The number of piperazine rings is 1. The summed E-state index contributed by atoms with van der Waals surface area (Å²) in [4.78, 5) is 4.94. The monoisotopic (exact) mass is 288 g/mol. The van der Waals surface area contributed by atoms with Gasteiger partial charge in [0.1, 0.15) is 12.4 Å². The number of hydrogen-bond donors (Lipinski definition) is 1. The molecule has 0 aromatic heterocycles. The molecule has 4 heteroatoms. The van der Waals surface area contributed by atoms with Gasteiger partial charge in [0.05, 0.1) is 12.7 Å². The lowest BCUT2D eigenvalue weighted by molar-refractivity contribution is 0.132. The van der Waals surface area contributed by atoms with Crippen molar-refractivity contribution in [2.45, 2.75) is 13.5 Å². The highest BCUT2D eigenvalue weighted by atomic mass is 16.5. The van der Waals surface area contributed by atoms with Gasteiger partial charge >= 0.3 is 0 Å². The second kappa shape index (κ2) is 8.04. The van der Waals surface area contributed by atoms with Gasteiger partial charge in [-0.1, -0.05) is 24.8 Å². The van der Waals surface area contributed by atoms with Crippen molar-refractivity contribution in [1.82, 2.24) is 9.80 Å². The van der Waals surface area contributed by atoms with Crippen LogP contribution in [0.3, 0.4) is 0 Å². The van der Waals surface area contributed by atoms with Crippen molar-refractivity contribution in [3.63, 3.8) is 0 Å². The van der Waals surface area contributed by atoms with Crippen LogP contribution in [0.2, 0.25) is 0 Å². The number of aliphatic hydroxyl groups is 1. The summed E-state index contributed by atoms with van der Waals surface area (Å²) in [5, 5.41) is 8.84. The molecule has 0 aliphatic carbocycles. The molecular formula is C17H24N2O2. The summed E-state index contributed by atoms with van der Waals surface area (Å²) in [6.45, 7) is 8.66. The number of ether oxygens (including phenoxy) is 1. The van der Waals surface area contributed by atoms with E-state index in [2.05, 4.69) is 40.7 Å². The molecule has 4 nitrogen and oxygen atoms in total. The third kappa shape index (κ3) is 4.47. The van der Waals surface area contributed by atoms with Crippen molar-refractivity contribution in [3.8, 4) is 17.6 Å². The number of nitrogens with zero attached hydrogens (tertiary/aromatic N) is 2. The molecule has 1 saturated heterocycles. The fraction of sp³-hybridized carbons (Fsp3) is 0.529. The first-order chi connectivity index (χ1) is 10.3. The van der Waals surface area contributed by atoms with Crippen LogP contribution >= 0.6 is 0 Å². The van der Waals surface area contributed by atoms with Crippen molar-refractivity contribution < 1.29 is 9.84 Å². The molecule has 2 rings (SSSR count). The van der Waals surface area contributed by atoms with E-state index >= 15 is 0 Å². The molecule has 0 radical (unpaired) electrons. The van der Waals surface area contributed by atoms with Gasteiger partial charge in [-0.2, -0.15) is 0 Å². The Morgan fingerprint density at radius 3 is 2.52 bits per heavy atom. The van der Waals surface area contributed by atoms with Crippen LogP contribution in [0.15, 0.2) is 18.2 Å². The highest BCUT2D eigenvalue weighted by molar-refractivity contribution is 5.48. The molecular weight excluding hydrogens is 264 g/mol. The van der Waals surface area contributed by atoms with E-state index in [1.807, 2.05) is 6.07 Å². The predicted octanol–water partition coefficient (Wildman–Crippen LogP) is 1.18. The Balaban J connectivity index is 2.03. The summed E-state index contributed by atoms with van der Waals surface area (Å²) in [7, 11) is 1.64. The van der Waals surface area contributed by atoms with Crippen molar-refractivity contribution in [3.05, 3.63) is 29.3 Å². The largest absolute Gasteiger partial charge is 0.495 e. The fourth-order valence-corrected chi connectivity index (χ4v) is 2.61. The van der Waals surface area contributed by atoms with Crippen molar-refractivity contribution >= 4 is 0 Å². The van der Waals surface area contributed by atoms with Crippen molar-refractivity contribution in [2.75, 3.05) is 46.4 Å². The van der Waals surface area contributed by atoms with Crippen LogP contribution in [-0.2, 0) is 6.54 Å². The molecule has 1 aliphatic heterocycles. The molecule has 0 unspecified atom stereocenters. The molecule has 1 aromatic rings. The summed E-state index contributed by atoms with van der Waals surface area (Å²) in [5.74, 6) is 6.40. The number of methoxy groups -OCH3 is 1. The normalized spacial score (nSPS) is 16.3. The van der Waals surface area contributed by atoms with Gasteiger partial charge in [-0.3, -0.25) is 4.90 Å². The Kier molecular flexibility index (Phi) is 6.06. The first-order valence-corrected chi connectivity index (χ1v) is 7.48. The number of hydrogen-bond acceptors (Lipinski definition) is 4. The van der Waals surface area contributed by atoms with E-state index in [9.17, 15) is 0 Å². The van der Waals surface area contributed by atoms with Crippen LogP contribution < -0.4 is 4.74 Å². The summed E-state index contributed by atoms with van der Waals surface area (Å²) in [6.07, 6.45) is 0. The maximum atomic E-state index is 8.84. The molecule has 0 spiro atoms. The van der Waals surface area contributed by atoms with Gasteiger partial charge in [0.25, 0.3) is 0 Å². The van der Waals surface area contributed by atoms with E-state index in [0.717, 1.165) is 50.6 Å². The van der Waals surface area contributed by atoms with Gasteiger partial charge in [0, 0.05) is 32.7 Å². The van der Waals surface area contributed by atoms with Gasteiger partial charge in [-0.05, 0) is 24.2 Å². The van der Waals surface area contributed by atoms with E-state index in [1.165, 1.54) is 5.56 Å². The van der Waals surface area contributed by atoms with Crippen LogP contribution in [0, 0.1) is 11.8 Å². The molecule has 0 amide bonds. The summed E-state index contributed by atoms with van der Waals surface area (Å²) >= 11 is 0. The van der Waals surface area contributed by atoms with Gasteiger partial charge in [0.15, 0.2) is 0 Å². The Hall–Kier alpha value is -1.54. The topological polar surface area (TPSA) is 35.9 Å². The van der Waals surface area contributed by atoms with Gasteiger partial charge in [0.2, 0.25) is 0 Å². The zero-order valence-corrected chi connectivity index (χ0v) is 12.9. The minimum atomic E-state index is -0.133. The molecule has 21 heavy (non-hydrogen) atoms. The molecule has 1 fully saturated rings. The minimum Gasteiger partial charge on any atom is -0.495 e. The smallest absolute Gasteiger partial charge is 0.134 e. The van der Waals surface area contributed by atoms with E-state index in [1.54, 1.807) is 7.11 Å². The Labute approximate surface area is 127 Å². The molecule has 1 aromatic carbocycles. The van der Waals surface area contributed by atoms with E-state index in [-0.39, 0.29) is 6.61 Å². The first-order valence-electron chi connectivity index (χ1n) is 7.48. The molecule has 1 aliphatic rings. The third-order valence-electron chi connectivity index (χ3n) is 3.88. The van der Waals surface area contributed by atoms with Gasteiger partial charge in [-0.15, -0.1) is 0 Å². The Morgan fingerprint density at radius 1 is 1.19 bits per heavy atom. The van der Waals surface area contributed by atoms with Crippen LogP contribution in [0.1, 0.15) is 18.1 Å². The molecule has 1 N–H and O–H groups in total. The Morgan fingerprint density at radius 2 is 1.90 bits per heavy atom. The van der Waals surface area contributed by atoms with E-state index < -0.39 is 0 Å². The zero-order chi connectivity index (χ0) is 15.1. The first kappa shape index (κ1) is 15.8. The number of benzene rings is 1. The molecule has 0 bridgehead atoms. The number of rotatable bonds is 4. The predicted molar refractivity (Wildman–Crippen MR) is 84.3 cm³/mol. The van der Waals surface area contributed by atoms with Crippen LogP contribution in [0.25, 0.3) is 0 Å². The lowest BCUT2D eigenvalue weighted by Gasteiger charge is -2.34. The average Bonchev–Trinajstić information content (AvgIpc) is 2.54. The second-order valence-electron chi connectivity index (χ2n) is 5.20. The highest BCUT2D eigenvalue weighted by Gasteiger charge is 2.15. The molecule has 0 saturated carbocycles. The zero-order valence-electron chi connectivity index (χ0n) is 12.9. The maximum absolute atomic E-state index is 8.84. The summed E-state index contributed by atoms with van der Waals surface area (Å²) in [5.41, 5.74) is 2.08. The van der Waals surface area contributed by atoms with Crippen LogP contribution in [0.5, 0.6) is 5.75 Å². The fourth-order valence-electron chi connectivity index (χ4n) is 2.61. The average molecular weight is 288 g/mol. The van der Waals surface area contributed by atoms with E-state index in [4.69, 9.17) is 9.84 Å². The molecule has 0 atom stereocenters. The van der Waals surface area contributed by atoms with Gasteiger partial charge < -0.3 is 14.7 Å². The lowest BCUT2D eigenvalue weighted by atomic mass is 10.1. The standard InChI is InChI=1S/C17H24N2O2/c1-3-18-8-10-19(11-9-18)14-15-6-7-17(21-2)16(13-15)5-4-12-20/h6-7,13,20H,3,8-12,14H2,1-2H3. The van der Waals surface area contributed by atoms with Crippen LogP contribution in [0.4, 0.5) is 0 Å². The van der Waals surface area contributed by atoms with Gasteiger partial charge in [-0.25, -0.2) is 0 Å². The highest BCUT2D eigenvalue weighted by Crippen LogP contribution is 2.20. The van der Waals surface area contributed by atoms with Crippen LogP contribution in [-0.4, -0.2) is 61.3 Å². The number of aliphatic hydroxyl groups excluding tert-OH is 1. The molecule has 114 valence electrons.